The largest absolute Gasteiger partial charge is 0.266 e. The standard InChI is InChI=1S/C8H7F3.C2H6/c1-5-3-2-4-6(7(5)9)8(10)11;1-2/h2-4,8H,1H3;1-2H3. The SMILES string of the molecule is CC.Cc1cccc(C(F)F)c1F. The highest BCUT2D eigenvalue weighted by Gasteiger charge is 2.13. The van der Waals surface area contributed by atoms with Crippen LogP contribution in [-0.4, -0.2) is 0 Å². The number of alkyl halides is 2. The number of hydrogen-bond donors (Lipinski definition) is 0. The zero-order valence-electron chi connectivity index (χ0n) is 7.94. The lowest BCUT2D eigenvalue weighted by Crippen LogP contribution is -1.92. The molecule has 0 atom stereocenters. The van der Waals surface area contributed by atoms with Crippen LogP contribution in [0.4, 0.5) is 13.2 Å². The van der Waals surface area contributed by atoms with Gasteiger partial charge in [-0.2, -0.15) is 0 Å². The Labute approximate surface area is 76.4 Å². The average molecular weight is 190 g/mol. The van der Waals surface area contributed by atoms with Crippen molar-refractivity contribution in [1.29, 1.82) is 0 Å². The van der Waals surface area contributed by atoms with E-state index in [1.54, 1.807) is 0 Å². The van der Waals surface area contributed by atoms with E-state index in [1.165, 1.54) is 19.1 Å². The van der Waals surface area contributed by atoms with E-state index in [0.717, 1.165) is 6.07 Å². The third kappa shape index (κ3) is 3.09. The van der Waals surface area contributed by atoms with Crippen LogP contribution < -0.4 is 0 Å². The predicted molar refractivity (Wildman–Crippen MR) is 47.4 cm³/mol. The molecular formula is C10H13F3. The highest BCUT2D eigenvalue weighted by Crippen LogP contribution is 2.23. The van der Waals surface area contributed by atoms with E-state index in [2.05, 4.69) is 0 Å². The van der Waals surface area contributed by atoms with Gasteiger partial charge < -0.3 is 0 Å². The monoisotopic (exact) mass is 190 g/mol. The molecule has 13 heavy (non-hydrogen) atoms. The molecule has 0 saturated carbocycles. The Morgan fingerprint density at radius 3 is 2.08 bits per heavy atom. The molecule has 0 aliphatic heterocycles. The van der Waals surface area contributed by atoms with Crippen LogP contribution in [0.5, 0.6) is 0 Å². The number of halogens is 3. The van der Waals surface area contributed by atoms with Crippen molar-refractivity contribution in [2.75, 3.05) is 0 Å². The summed E-state index contributed by atoms with van der Waals surface area (Å²) in [6.45, 7) is 5.46. The Morgan fingerprint density at radius 1 is 1.15 bits per heavy atom. The summed E-state index contributed by atoms with van der Waals surface area (Å²) in [7, 11) is 0. The molecule has 0 heterocycles. The Kier molecular flexibility index (Phi) is 5.19. The molecule has 1 rings (SSSR count). The van der Waals surface area contributed by atoms with Gasteiger partial charge in [0.25, 0.3) is 6.43 Å². The molecule has 0 amide bonds. The second kappa shape index (κ2) is 5.62. The van der Waals surface area contributed by atoms with Crippen molar-refractivity contribution in [3.63, 3.8) is 0 Å². The predicted octanol–water partition coefficient (Wildman–Crippen LogP) is 4.10. The molecule has 1 aromatic rings. The topological polar surface area (TPSA) is 0 Å². The Hall–Kier alpha value is -0.990. The van der Waals surface area contributed by atoms with Crippen molar-refractivity contribution in [2.24, 2.45) is 0 Å². The van der Waals surface area contributed by atoms with Crippen LogP contribution in [-0.2, 0) is 0 Å². The minimum absolute atomic E-state index is 0.253. The van der Waals surface area contributed by atoms with Crippen molar-refractivity contribution >= 4 is 0 Å². The summed E-state index contributed by atoms with van der Waals surface area (Å²) >= 11 is 0. The van der Waals surface area contributed by atoms with E-state index in [-0.39, 0.29) is 5.56 Å². The van der Waals surface area contributed by atoms with Crippen LogP contribution in [0.1, 0.15) is 31.4 Å². The summed E-state index contributed by atoms with van der Waals surface area (Å²) in [6, 6.07) is 3.97. The summed E-state index contributed by atoms with van der Waals surface area (Å²) in [4.78, 5) is 0. The molecule has 3 heteroatoms. The zero-order valence-corrected chi connectivity index (χ0v) is 7.94. The van der Waals surface area contributed by atoms with E-state index >= 15 is 0 Å². The molecule has 0 aliphatic carbocycles. The third-order valence-electron chi connectivity index (χ3n) is 1.46. The van der Waals surface area contributed by atoms with E-state index in [1.807, 2.05) is 13.8 Å². The lowest BCUT2D eigenvalue weighted by atomic mass is 10.1. The van der Waals surface area contributed by atoms with Gasteiger partial charge in [0.15, 0.2) is 0 Å². The molecule has 0 N–H and O–H groups in total. The van der Waals surface area contributed by atoms with Crippen molar-refractivity contribution < 1.29 is 13.2 Å². The van der Waals surface area contributed by atoms with Crippen LogP contribution in [0, 0.1) is 12.7 Å². The number of hydrogen-bond acceptors (Lipinski definition) is 0. The number of benzene rings is 1. The first kappa shape index (κ1) is 12.0. The third-order valence-corrected chi connectivity index (χ3v) is 1.46. The first-order chi connectivity index (χ1) is 6.13. The molecule has 0 radical (unpaired) electrons. The molecule has 0 fully saturated rings. The fourth-order valence-corrected chi connectivity index (χ4v) is 0.839. The average Bonchev–Trinajstić information content (AvgIpc) is 2.13. The summed E-state index contributed by atoms with van der Waals surface area (Å²) < 4.78 is 36.7. The lowest BCUT2D eigenvalue weighted by molar-refractivity contribution is 0.146. The molecule has 0 unspecified atom stereocenters. The van der Waals surface area contributed by atoms with Gasteiger partial charge in [-0.15, -0.1) is 0 Å². The zero-order chi connectivity index (χ0) is 10.4. The van der Waals surface area contributed by atoms with E-state index in [4.69, 9.17) is 0 Å². The second-order valence-electron chi connectivity index (χ2n) is 2.28. The van der Waals surface area contributed by atoms with Crippen molar-refractivity contribution in [2.45, 2.75) is 27.2 Å². The van der Waals surface area contributed by atoms with E-state index < -0.39 is 17.8 Å². The van der Waals surface area contributed by atoms with Crippen LogP contribution in [0.15, 0.2) is 18.2 Å². The maximum absolute atomic E-state index is 12.8. The Morgan fingerprint density at radius 2 is 1.69 bits per heavy atom. The molecular weight excluding hydrogens is 177 g/mol. The minimum atomic E-state index is -2.73. The normalized spacial score (nSPS) is 9.46. The maximum atomic E-state index is 12.8. The van der Waals surface area contributed by atoms with Crippen LogP contribution in [0.25, 0.3) is 0 Å². The first-order valence-corrected chi connectivity index (χ1v) is 4.16. The second-order valence-corrected chi connectivity index (χ2v) is 2.28. The van der Waals surface area contributed by atoms with Crippen LogP contribution >= 0.6 is 0 Å². The van der Waals surface area contributed by atoms with Gasteiger partial charge in [0.05, 0.1) is 5.56 Å². The molecule has 0 saturated heterocycles. The van der Waals surface area contributed by atoms with Crippen LogP contribution in [0.3, 0.4) is 0 Å². The van der Waals surface area contributed by atoms with Gasteiger partial charge >= 0.3 is 0 Å². The number of rotatable bonds is 1. The Balaban J connectivity index is 0.000000671. The summed E-state index contributed by atoms with van der Waals surface area (Å²) in [6.07, 6.45) is -2.73. The smallest absolute Gasteiger partial charge is 0.206 e. The highest BCUT2D eigenvalue weighted by atomic mass is 19.3. The molecule has 0 spiro atoms. The summed E-state index contributed by atoms with van der Waals surface area (Å²) in [5, 5.41) is 0. The minimum Gasteiger partial charge on any atom is -0.206 e. The summed E-state index contributed by atoms with van der Waals surface area (Å²) in [5.41, 5.74) is -0.271. The molecule has 0 aliphatic rings. The van der Waals surface area contributed by atoms with Gasteiger partial charge in [0, 0.05) is 0 Å². The van der Waals surface area contributed by atoms with Crippen molar-refractivity contribution in [1.82, 2.24) is 0 Å². The molecule has 0 bridgehead atoms. The van der Waals surface area contributed by atoms with Gasteiger partial charge in [0.2, 0.25) is 0 Å². The molecule has 0 nitrogen and oxygen atoms in total. The molecule has 0 aromatic heterocycles. The summed E-state index contributed by atoms with van der Waals surface area (Å²) in [5.74, 6) is -0.803. The van der Waals surface area contributed by atoms with E-state index in [0.29, 0.717) is 0 Å². The fourth-order valence-electron chi connectivity index (χ4n) is 0.839. The van der Waals surface area contributed by atoms with Gasteiger partial charge in [-0.05, 0) is 12.5 Å². The van der Waals surface area contributed by atoms with Gasteiger partial charge in [-0.25, -0.2) is 13.2 Å². The highest BCUT2D eigenvalue weighted by molar-refractivity contribution is 5.25. The first-order valence-electron chi connectivity index (χ1n) is 4.16. The Bertz CT molecular complexity index is 256. The molecule has 74 valence electrons. The van der Waals surface area contributed by atoms with Crippen molar-refractivity contribution in [3.8, 4) is 0 Å². The van der Waals surface area contributed by atoms with Gasteiger partial charge in [-0.1, -0.05) is 32.0 Å². The fraction of sp³-hybridized carbons (Fsp3) is 0.400. The van der Waals surface area contributed by atoms with Gasteiger partial charge in [-0.3, -0.25) is 0 Å². The van der Waals surface area contributed by atoms with E-state index in [9.17, 15) is 13.2 Å². The van der Waals surface area contributed by atoms with Crippen LogP contribution in [0.2, 0.25) is 0 Å². The maximum Gasteiger partial charge on any atom is 0.266 e. The quantitative estimate of drug-likeness (QED) is 0.625. The lowest BCUT2D eigenvalue weighted by Gasteiger charge is -2.02. The van der Waals surface area contributed by atoms with Crippen molar-refractivity contribution in [3.05, 3.63) is 35.1 Å². The number of aryl methyl sites for hydroxylation is 1. The molecule has 1 aromatic carbocycles. The van der Waals surface area contributed by atoms with Gasteiger partial charge in [0.1, 0.15) is 5.82 Å².